The number of hydrogen-bond donors (Lipinski definition) is 0. The van der Waals surface area contributed by atoms with Crippen molar-refractivity contribution in [2.45, 2.75) is 47.6 Å². The molecule has 84 valence electrons. The summed E-state index contributed by atoms with van der Waals surface area (Å²) in [6.45, 7) is 16.1. The molecule has 1 heterocycles. The van der Waals surface area contributed by atoms with Gasteiger partial charge in [0, 0.05) is 19.1 Å². The first-order valence-corrected chi connectivity index (χ1v) is 6.35. The molecule has 2 aliphatic rings. The van der Waals surface area contributed by atoms with Crippen molar-refractivity contribution in [3.63, 3.8) is 0 Å². The van der Waals surface area contributed by atoms with Crippen LogP contribution in [0.5, 0.6) is 0 Å². The fourth-order valence-electron chi connectivity index (χ4n) is 3.02. The van der Waals surface area contributed by atoms with E-state index in [-0.39, 0.29) is 0 Å². The topological polar surface area (TPSA) is 3.24 Å². The van der Waals surface area contributed by atoms with Crippen LogP contribution in [0.1, 0.15) is 41.5 Å². The van der Waals surface area contributed by atoms with Crippen LogP contribution in [-0.2, 0) is 0 Å². The van der Waals surface area contributed by atoms with E-state index in [0.29, 0.717) is 0 Å². The highest BCUT2D eigenvalue weighted by molar-refractivity contribution is 5.06. The molecule has 1 heteroatoms. The summed E-state index contributed by atoms with van der Waals surface area (Å²) in [5, 5.41) is 0. The number of piperidine rings is 1. The first kappa shape index (κ1) is 12.0. The van der Waals surface area contributed by atoms with Crippen LogP contribution in [0.25, 0.3) is 0 Å². The Morgan fingerprint density at radius 3 is 1.64 bits per heavy atom. The molecule has 1 nitrogen and oxygen atoms in total. The summed E-state index contributed by atoms with van der Waals surface area (Å²) in [7, 11) is 0. The Labute approximate surface area is 89.9 Å². The first-order chi connectivity index (χ1) is 6.61. The van der Waals surface area contributed by atoms with E-state index < -0.39 is 0 Å². The number of likely N-dealkylation sites (tertiary alicyclic amines) is 1. The van der Waals surface area contributed by atoms with Crippen molar-refractivity contribution in [2.75, 3.05) is 13.1 Å². The van der Waals surface area contributed by atoms with Crippen molar-refractivity contribution >= 4 is 0 Å². The van der Waals surface area contributed by atoms with Gasteiger partial charge in [-0.05, 0) is 37.5 Å². The Morgan fingerprint density at radius 1 is 0.929 bits per heavy atom. The predicted octanol–water partition coefficient (Wildman–Crippen LogP) is 3.25. The average Bonchev–Trinajstić information content (AvgIpc) is 2.66. The minimum atomic E-state index is 0.769. The number of fused-ring (bicyclic) bond motifs is 1. The molecule has 0 aromatic heterocycles. The van der Waals surface area contributed by atoms with Crippen molar-refractivity contribution in [3.8, 4) is 0 Å². The molecule has 2 unspecified atom stereocenters. The molecule has 1 saturated carbocycles. The minimum absolute atomic E-state index is 0.769. The van der Waals surface area contributed by atoms with E-state index >= 15 is 0 Å². The second-order valence-corrected chi connectivity index (χ2v) is 5.20. The van der Waals surface area contributed by atoms with E-state index in [0.717, 1.165) is 29.7 Å². The summed E-state index contributed by atoms with van der Waals surface area (Å²) in [5.41, 5.74) is 0. The molecule has 2 atom stereocenters. The van der Waals surface area contributed by atoms with Gasteiger partial charge < -0.3 is 4.90 Å². The molecular weight excluding hydrogens is 170 g/mol. The molecule has 1 aliphatic heterocycles. The van der Waals surface area contributed by atoms with Crippen LogP contribution in [0.15, 0.2) is 0 Å². The van der Waals surface area contributed by atoms with Crippen LogP contribution >= 0.6 is 0 Å². The third kappa shape index (κ3) is 2.13. The molecule has 0 aromatic carbocycles. The second-order valence-electron chi connectivity index (χ2n) is 5.20. The standard InChI is InChI=1S/C11H21N.C2H6/c1-7(2)11-9-5-12(8(3)4)6-10(9)11;1-2/h7-11H,5-6H2,1-4H3;1-2H3. The van der Waals surface area contributed by atoms with Crippen LogP contribution in [0.2, 0.25) is 0 Å². The normalized spacial score (nSPS) is 35.6. The number of rotatable bonds is 2. The zero-order chi connectivity index (χ0) is 10.9. The van der Waals surface area contributed by atoms with E-state index in [9.17, 15) is 0 Å². The Morgan fingerprint density at radius 2 is 1.36 bits per heavy atom. The smallest absolute Gasteiger partial charge is 0.00388 e. The van der Waals surface area contributed by atoms with Gasteiger partial charge in [-0.15, -0.1) is 0 Å². The van der Waals surface area contributed by atoms with Gasteiger partial charge in [-0.3, -0.25) is 0 Å². The highest BCUT2D eigenvalue weighted by Gasteiger charge is 2.56. The van der Waals surface area contributed by atoms with E-state index in [1.54, 1.807) is 0 Å². The zero-order valence-corrected chi connectivity index (χ0v) is 10.7. The van der Waals surface area contributed by atoms with Gasteiger partial charge in [0.1, 0.15) is 0 Å². The molecule has 0 bridgehead atoms. The molecule has 0 aromatic rings. The first-order valence-electron chi connectivity index (χ1n) is 6.35. The van der Waals surface area contributed by atoms with Crippen LogP contribution in [-0.4, -0.2) is 24.0 Å². The Kier molecular flexibility index (Phi) is 4.00. The van der Waals surface area contributed by atoms with Crippen molar-refractivity contribution in [1.82, 2.24) is 4.90 Å². The van der Waals surface area contributed by atoms with Crippen LogP contribution < -0.4 is 0 Å². The van der Waals surface area contributed by atoms with Crippen LogP contribution in [0.4, 0.5) is 0 Å². The molecule has 0 N–H and O–H groups in total. The van der Waals surface area contributed by atoms with Gasteiger partial charge in [-0.2, -0.15) is 0 Å². The van der Waals surface area contributed by atoms with E-state index in [1.807, 2.05) is 13.8 Å². The Bertz CT molecular complexity index is 156. The average molecular weight is 197 g/mol. The highest BCUT2D eigenvalue weighted by Crippen LogP contribution is 2.55. The molecule has 1 aliphatic carbocycles. The van der Waals surface area contributed by atoms with Gasteiger partial charge in [-0.25, -0.2) is 0 Å². The quantitative estimate of drug-likeness (QED) is 0.657. The van der Waals surface area contributed by atoms with E-state index in [1.165, 1.54) is 13.1 Å². The Balaban J connectivity index is 0.000000461. The van der Waals surface area contributed by atoms with Gasteiger partial charge in [-0.1, -0.05) is 27.7 Å². The summed E-state index contributed by atoms with van der Waals surface area (Å²) in [6, 6.07) is 0.769. The van der Waals surface area contributed by atoms with Gasteiger partial charge in [0.25, 0.3) is 0 Å². The minimum Gasteiger partial charge on any atom is -0.300 e. The van der Waals surface area contributed by atoms with Crippen LogP contribution in [0.3, 0.4) is 0 Å². The number of nitrogens with zero attached hydrogens (tertiary/aromatic N) is 1. The predicted molar refractivity (Wildman–Crippen MR) is 63.4 cm³/mol. The summed E-state index contributed by atoms with van der Waals surface area (Å²) in [4.78, 5) is 2.63. The lowest BCUT2D eigenvalue weighted by Gasteiger charge is -2.24. The Hall–Kier alpha value is -0.0400. The van der Waals surface area contributed by atoms with Crippen molar-refractivity contribution in [3.05, 3.63) is 0 Å². The fourth-order valence-corrected chi connectivity index (χ4v) is 3.02. The maximum Gasteiger partial charge on any atom is 0.00388 e. The fraction of sp³-hybridized carbons (Fsp3) is 1.00. The molecule has 2 rings (SSSR count). The van der Waals surface area contributed by atoms with E-state index in [4.69, 9.17) is 0 Å². The summed E-state index contributed by atoms with van der Waals surface area (Å²) < 4.78 is 0. The highest BCUT2D eigenvalue weighted by atomic mass is 15.2. The largest absolute Gasteiger partial charge is 0.300 e. The third-order valence-electron chi connectivity index (χ3n) is 3.79. The SMILES string of the molecule is CC.CC(C)C1C2CN(C(C)C)CC21. The summed E-state index contributed by atoms with van der Waals surface area (Å²) >= 11 is 0. The molecule has 0 amide bonds. The molecule has 0 spiro atoms. The maximum atomic E-state index is 2.63. The zero-order valence-electron chi connectivity index (χ0n) is 10.7. The lowest BCUT2D eigenvalue weighted by Crippen LogP contribution is -2.31. The van der Waals surface area contributed by atoms with E-state index in [2.05, 4.69) is 32.6 Å². The second kappa shape index (κ2) is 4.65. The third-order valence-corrected chi connectivity index (χ3v) is 3.79. The van der Waals surface area contributed by atoms with Gasteiger partial charge in [0.05, 0.1) is 0 Å². The number of hydrogen-bond acceptors (Lipinski definition) is 1. The van der Waals surface area contributed by atoms with Crippen molar-refractivity contribution in [2.24, 2.45) is 23.7 Å². The summed E-state index contributed by atoms with van der Waals surface area (Å²) in [6.07, 6.45) is 0. The van der Waals surface area contributed by atoms with Gasteiger partial charge in [0.2, 0.25) is 0 Å². The monoisotopic (exact) mass is 197 g/mol. The maximum absolute atomic E-state index is 2.63. The molecule has 0 radical (unpaired) electrons. The lowest BCUT2D eigenvalue weighted by molar-refractivity contribution is 0.222. The lowest BCUT2D eigenvalue weighted by atomic mass is 10.0. The molecule has 1 saturated heterocycles. The van der Waals surface area contributed by atoms with Gasteiger partial charge in [0.15, 0.2) is 0 Å². The molecule has 2 fully saturated rings. The van der Waals surface area contributed by atoms with Crippen molar-refractivity contribution < 1.29 is 0 Å². The van der Waals surface area contributed by atoms with Gasteiger partial charge >= 0.3 is 0 Å². The molecule has 14 heavy (non-hydrogen) atoms. The molecular formula is C13H27N. The van der Waals surface area contributed by atoms with Crippen molar-refractivity contribution in [1.29, 1.82) is 0 Å². The summed E-state index contributed by atoms with van der Waals surface area (Å²) in [5.74, 6) is 4.12. The van der Waals surface area contributed by atoms with Crippen LogP contribution in [0, 0.1) is 23.7 Å².